The maximum Gasteiger partial charge on any atom is 0.231 e. The van der Waals surface area contributed by atoms with Crippen LogP contribution in [0.1, 0.15) is 43.9 Å². The molecule has 1 aliphatic rings. The highest BCUT2D eigenvalue weighted by atomic mass is 16.5. The molecule has 0 aliphatic heterocycles. The van der Waals surface area contributed by atoms with Gasteiger partial charge in [-0.1, -0.05) is 24.4 Å². The maximum atomic E-state index is 6.20. The smallest absolute Gasteiger partial charge is 0.231 e. The zero-order chi connectivity index (χ0) is 13.1. The standard InChI is InChI=1S/C13H17N5O/c14-10-5-3-1-2-4-9(10)13-17-12(18-19-13)11-8-15-6-7-16-11/h6-10H,1-5,14H2. The van der Waals surface area contributed by atoms with Gasteiger partial charge in [0.2, 0.25) is 11.7 Å². The molecule has 6 heteroatoms. The summed E-state index contributed by atoms with van der Waals surface area (Å²) in [7, 11) is 0. The third kappa shape index (κ3) is 2.63. The van der Waals surface area contributed by atoms with Gasteiger partial charge in [0.15, 0.2) is 0 Å². The molecule has 2 atom stereocenters. The number of rotatable bonds is 2. The SMILES string of the molecule is NC1CCCCCC1c1nc(-c2cnccn2)no1. The molecule has 0 spiro atoms. The van der Waals surface area contributed by atoms with E-state index in [2.05, 4.69) is 20.1 Å². The van der Waals surface area contributed by atoms with Crippen LogP contribution in [-0.4, -0.2) is 26.2 Å². The van der Waals surface area contributed by atoms with Gasteiger partial charge in [0.1, 0.15) is 5.69 Å². The van der Waals surface area contributed by atoms with Crippen molar-refractivity contribution in [2.24, 2.45) is 5.73 Å². The first-order valence-electron chi connectivity index (χ1n) is 6.70. The summed E-state index contributed by atoms with van der Waals surface area (Å²) in [6.45, 7) is 0. The molecule has 0 aromatic carbocycles. The number of hydrogen-bond donors (Lipinski definition) is 1. The molecule has 0 amide bonds. The van der Waals surface area contributed by atoms with E-state index in [4.69, 9.17) is 10.3 Å². The van der Waals surface area contributed by atoms with Crippen LogP contribution in [0.4, 0.5) is 0 Å². The zero-order valence-electron chi connectivity index (χ0n) is 10.7. The molecule has 2 heterocycles. The zero-order valence-corrected chi connectivity index (χ0v) is 10.7. The molecule has 1 fully saturated rings. The number of hydrogen-bond acceptors (Lipinski definition) is 6. The molecule has 2 unspecified atom stereocenters. The van der Waals surface area contributed by atoms with Gasteiger partial charge in [0, 0.05) is 18.4 Å². The van der Waals surface area contributed by atoms with Crippen LogP contribution < -0.4 is 5.73 Å². The molecule has 0 bridgehead atoms. The minimum atomic E-state index is 0.109. The van der Waals surface area contributed by atoms with Crippen molar-refractivity contribution in [3.05, 3.63) is 24.5 Å². The van der Waals surface area contributed by atoms with Crippen LogP contribution in [0.15, 0.2) is 23.1 Å². The summed E-state index contributed by atoms with van der Waals surface area (Å²) in [5.41, 5.74) is 6.83. The van der Waals surface area contributed by atoms with Gasteiger partial charge < -0.3 is 10.3 Å². The molecule has 3 rings (SSSR count). The van der Waals surface area contributed by atoms with Crippen molar-refractivity contribution < 1.29 is 4.52 Å². The molecule has 0 saturated heterocycles. The molecule has 2 N–H and O–H groups in total. The van der Waals surface area contributed by atoms with Gasteiger partial charge in [-0.25, -0.2) is 4.98 Å². The number of aromatic nitrogens is 4. The maximum absolute atomic E-state index is 6.20. The summed E-state index contributed by atoms with van der Waals surface area (Å²) in [5, 5.41) is 3.98. The highest BCUT2D eigenvalue weighted by Gasteiger charge is 2.27. The fourth-order valence-electron chi connectivity index (χ4n) is 2.55. The lowest BCUT2D eigenvalue weighted by Crippen LogP contribution is -2.27. The first-order valence-corrected chi connectivity index (χ1v) is 6.70. The van der Waals surface area contributed by atoms with Crippen LogP contribution in [0, 0.1) is 0 Å². The van der Waals surface area contributed by atoms with Crippen molar-refractivity contribution in [3.8, 4) is 11.5 Å². The van der Waals surface area contributed by atoms with E-state index in [1.54, 1.807) is 18.6 Å². The highest BCUT2D eigenvalue weighted by Crippen LogP contribution is 2.30. The summed E-state index contributed by atoms with van der Waals surface area (Å²) in [6, 6.07) is 0.109. The predicted molar refractivity (Wildman–Crippen MR) is 69.1 cm³/mol. The van der Waals surface area contributed by atoms with E-state index in [-0.39, 0.29) is 12.0 Å². The minimum absolute atomic E-state index is 0.109. The molecular formula is C13H17N5O. The fourth-order valence-corrected chi connectivity index (χ4v) is 2.55. The van der Waals surface area contributed by atoms with E-state index in [0.29, 0.717) is 17.4 Å². The first-order chi connectivity index (χ1) is 9.34. The van der Waals surface area contributed by atoms with Crippen LogP contribution in [-0.2, 0) is 0 Å². The molecule has 0 radical (unpaired) electrons. The largest absolute Gasteiger partial charge is 0.339 e. The molecule has 19 heavy (non-hydrogen) atoms. The fraction of sp³-hybridized carbons (Fsp3) is 0.538. The Balaban J connectivity index is 1.84. The molecule has 1 aliphatic carbocycles. The van der Waals surface area contributed by atoms with E-state index >= 15 is 0 Å². The van der Waals surface area contributed by atoms with E-state index < -0.39 is 0 Å². The van der Waals surface area contributed by atoms with Gasteiger partial charge in [-0.05, 0) is 12.8 Å². The second-order valence-corrected chi connectivity index (χ2v) is 4.96. The van der Waals surface area contributed by atoms with E-state index in [1.807, 2.05) is 0 Å². The molecule has 100 valence electrons. The quantitative estimate of drug-likeness (QED) is 0.828. The Hall–Kier alpha value is -1.82. The third-order valence-electron chi connectivity index (χ3n) is 3.62. The average Bonchev–Trinajstić information content (AvgIpc) is 2.83. The Labute approximate surface area is 111 Å². The Morgan fingerprint density at radius 3 is 2.89 bits per heavy atom. The number of nitrogens with two attached hydrogens (primary N) is 1. The van der Waals surface area contributed by atoms with E-state index in [9.17, 15) is 0 Å². The van der Waals surface area contributed by atoms with E-state index in [1.165, 1.54) is 19.3 Å². The van der Waals surface area contributed by atoms with Gasteiger partial charge >= 0.3 is 0 Å². The average molecular weight is 259 g/mol. The summed E-state index contributed by atoms with van der Waals surface area (Å²) >= 11 is 0. The molecule has 2 aromatic rings. The topological polar surface area (TPSA) is 90.7 Å². The third-order valence-corrected chi connectivity index (χ3v) is 3.62. The second kappa shape index (κ2) is 5.44. The Morgan fingerprint density at radius 2 is 2.05 bits per heavy atom. The molecule has 2 aromatic heterocycles. The summed E-state index contributed by atoms with van der Waals surface area (Å²) in [4.78, 5) is 12.6. The minimum Gasteiger partial charge on any atom is -0.339 e. The lowest BCUT2D eigenvalue weighted by atomic mass is 9.95. The Bertz CT molecular complexity index is 527. The lowest BCUT2D eigenvalue weighted by molar-refractivity contribution is 0.326. The normalized spacial score (nSPS) is 24.1. The summed E-state index contributed by atoms with van der Waals surface area (Å²) in [6.07, 6.45) is 10.5. The highest BCUT2D eigenvalue weighted by molar-refractivity contribution is 5.45. The van der Waals surface area contributed by atoms with Crippen molar-refractivity contribution in [2.75, 3.05) is 0 Å². The molecule has 6 nitrogen and oxygen atoms in total. The lowest BCUT2D eigenvalue weighted by Gasteiger charge is -2.16. The van der Waals surface area contributed by atoms with Gasteiger partial charge in [0.25, 0.3) is 0 Å². The van der Waals surface area contributed by atoms with Crippen molar-refractivity contribution in [1.29, 1.82) is 0 Å². The Kier molecular flexibility index (Phi) is 3.50. The van der Waals surface area contributed by atoms with Gasteiger partial charge in [-0.15, -0.1) is 0 Å². The molecular weight excluding hydrogens is 242 g/mol. The monoisotopic (exact) mass is 259 g/mol. The van der Waals surface area contributed by atoms with Crippen molar-refractivity contribution in [1.82, 2.24) is 20.1 Å². The van der Waals surface area contributed by atoms with Crippen molar-refractivity contribution in [3.63, 3.8) is 0 Å². The van der Waals surface area contributed by atoms with Gasteiger partial charge in [0.05, 0.1) is 12.1 Å². The van der Waals surface area contributed by atoms with Gasteiger partial charge in [-0.2, -0.15) is 4.98 Å². The van der Waals surface area contributed by atoms with Crippen LogP contribution in [0.2, 0.25) is 0 Å². The van der Waals surface area contributed by atoms with Crippen LogP contribution in [0.25, 0.3) is 11.5 Å². The van der Waals surface area contributed by atoms with Crippen molar-refractivity contribution in [2.45, 2.75) is 44.1 Å². The van der Waals surface area contributed by atoms with Crippen LogP contribution in [0.5, 0.6) is 0 Å². The molecule has 1 saturated carbocycles. The Morgan fingerprint density at radius 1 is 1.16 bits per heavy atom. The summed E-state index contributed by atoms with van der Waals surface area (Å²) < 4.78 is 5.38. The predicted octanol–water partition coefficient (Wildman–Crippen LogP) is 1.90. The van der Waals surface area contributed by atoms with Crippen LogP contribution >= 0.6 is 0 Å². The van der Waals surface area contributed by atoms with Crippen LogP contribution in [0.3, 0.4) is 0 Å². The van der Waals surface area contributed by atoms with Crippen molar-refractivity contribution >= 4 is 0 Å². The van der Waals surface area contributed by atoms with Gasteiger partial charge in [-0.3, -0.25) is 4.98 Å². The first kappa shape index (κ1) is 12.2. The second-order valence-electron chi connectivity index (χ2n) is 4.96. The number of nitrogens with zero attached hydrogens (tertiary/aromatic N) is 4. The summed E-state index contributed by atoms with van der Waals surface area (Å²) in [5.74, 6) is 1.29. The van der Waals surface area contributed by atoms with E-state index in [0.717, 1.165) is 12.8 Å².